The van der Waals surface area contributed by atoms with Crippen LogP contribution in [0.15, 0.2) is 67.8 Å². The molecule has 0 fully saturated rings. The van der Waals surface area contributed by atoms with Crippen molar-refractivity contribution in [3.63, 3.8) is 0 Å². The first kappa shape index (κ1) is 19.6. The van der Waals surface area contributed by atoms with E-state index in [0.717, 1.165) is 10.5 Å². The molecule has 0 saturated carbocycles. The van der Waals surface area contributed by atoms with Gasteiger partial charge in [0.2, 0.25) is 5.82 Å². The van der Waals surface area contributed by atoms with Crippen molar-refractivity contribution in [3.05, 3.63) is 64.7 Å². The molecule has 4 aromatic rings. The fraction of sp³-hybridized carbons (Fsp3) is 0.143. The summed E-state index contributed by atoms with van der Waals surface area (Å²) in [7, 11) is 0. The highest BCUT2D eigenvalue weighted by Gasteiger charge is 2.18. The molecule has 8 nitrogen and oxygen atoms in total. The van der Waals surface area contributed by atoms with E-state index < -0.39 is 5.97 Å². The molecule has 0 saturated heterocycles. The fourth-order valence-corrected chi connectivity index (χ4v) is 4.38. The van der Waals surface area contributed by atoms with Gasteiger partial charge in [-0.25, -0.2) is 9.78 Å². The Morgan fingerprint density at radius 1 is 1.16 bits per heavy atom. The number of ether oxygens (including phenoxy) is 3. The van der Waals surface area contributed by atoms with Crippen molar-refractivity contribution in [1.29, 1.82) is 0 Å². The van der Waals surface area contributed by atoms with E-state index in [1.807, 2.05) is 35.0 Å². The highest BCUT2D eigenvalue weighted by Crippen LogP contribution is 2.37. The molecular formula is C21H15N3O5S2. The predicted molar refractivity (Wildman–Crippen MR) is 113 cm³/mol. The second-order valence-corrected chi connectivity index (χ2v) is 8.21. The molecule has 0 aliphatic carbocycles. The average molecular weight is 454 g/mol. The summed E-state index contributed by atoms with van der Waals surface area (Å²) in [6.45, 7) is 0.937. The van der Waals surface area contributed by atoms with E-state index in [1.54, 1.807) is 18.3 Å². The SMILES string of the molecule is O=C(OCc1noc(-c2ccsc2)n1)c1cccnc1Sc1ccc2c(c1)OCCO2. The maximum absolute atomic E-state index is 12.7. The second-order valence-electron chi connectivity index (χ2n) is 6.37. The molecule has 0 N–H and O–H groups in total. The molecular weight excluding hydrogens is 438 g/mol. The minimum Gasteiger partial charge on any atom is -0.486 e. The highest BCUT2D eigenvalue weighted by molar-refractivity contribution is 7.99. The molecule has 0 radical (unpaired) electrons. The Balaban J connectivity index is 1.28. The quantitative estimate of drug-likeness (QED) is 0.392. The number of esters is 1. The molecule has 0 unspecified atom stereocenters. The number of aromatic nitrogens is 3. The van der Waals surface area contributed by atoms with Gasteiger partial charge >= 0.3 is 5.97 Å². The maximum Gasteiger partial charge on any atom is 0.341 e. The van der Waals surface area contributed by atoms with Crippen LogP contribution in [0.1, 0.15) is 16.2 Å². The van der Waals surface area contributed by atoms with E-state index in [2.05, 4.69) is 15.1 Å². The van der Waals surface area contributed by atoms with Crippen molar-refractivity contribution in [2.24, 2.45) is 0 Å². The first-order valence-corrected chi connectivity index (χ1v) is 11.1. The molecule has 0 bridgehead atoms. The zero-order chi connectivity index (χ0) is 21.0. The van der Waals surface area contributed by atoms with E-state index in [9.17, 15) is 4.79 Å². The maximum atomic E-state index is 12.7. The van der Waals surface area contributed by atoms with Crippen LogP contribution in [0, 0.1) is 0 Å². The predicted octanol–water partition coefficient (Wildman–Crippen LogP) is 4.47. The van der Waals surface area contributed by atoms with Gasteiger partial charge in [-0.05, 0) is 41.8 Å². The molecule has 1 aromatic carbocycles. The van der Waals surface area contributed by atoms with Crippen molar-refractivity contribution in [1.82, 2.24) is 15.1 Å². The molecule has 1 aliphatic heterocycles. The summed E-state index contributed by atoms with van der Waals surface area (Å²) in [5, 5.41) is 8.21. The van der Waals surface area contributed by atoms with Gasteiger partial charge in [0, 0.05) is 16.5 Å². The van der Waals surface area contributed by atoms with Crippen molar-refractivity contribution < 1.29 is 23.5 Å². The molecule has 0 spiro atoms. The van der Waals surface area contributed by atoms with Gasteiger partial charge < -0.3 is 18.7 Å². The van der Waals surface area contributed by atoms with E-state index in [4.69, 9.17) is 18.7 Å². The molecule has 5 rings (SSSR count). The lowest BCUT2D eigenvalue weighted by atomic mass is 10.3. The van der Waals surface area contributed by atoms with Crippen LogP contribution in [0.3, 0.4) is 0 Å². The standard InChI is InChI=1S/C21H15N3O5S2/c25-21(28-11-18-23-19(29-24-18)13-5-9-30-12-13)15-2-1-6-22-20(15)31-14-3-4-16-17(10-14)27-8-7-26-16/h1-6,9-10,12H,7-8,11H2. The van der Waals surface area contributed by atoms with E-state index in [0.29, 0.717) is 47.0 Å². The van der Waals surface area contributed by atoms with Gasteiger partial charge in [0.1, 0.15) is 18.2 Å². The number of carbonyl (C=O) groups is 1. The second kappa shape index (κ2) is 8.78. The van der Waals surface area contributed by atoms with Crippen LogP contribution < -0.4 is 9.47 Å². The first-order valence-electron chi connectivity index (χ1n) is 9.31. The minimum atomic E-state index is -0.518. The van der Waals surface area contributed by atoms with Crippen LogP contribution in [-0.2, 0) is 11.3 Å². The summed E-state index contributed by atoms with van der Waals surface area (Å²) in [4.78, 5) is 22.2. The summed E-state index contributed by atoms with van der Waals surface area (Å²) in [6, 6.07) is 10.8. The van der Waals surface area contributed by atoms with Gasteiger partial charge in [-0.2, -0.15) is 16.3 Å². The van der Waals surface area contributed by atoms with Gasteiger partial charge in [-0.3, -0.25) is 0 Å². The molecule has 0 amide bonds. The third-order valence-corrected chi connectivity index (χ3v) is 5.98. The number of hydrogen-bond acceptors (Lipinski definition) is 10. The largest absolute Gasteiger partial charge is 0.486 e. The molecule has 156 valence electrons. The first-order chi connectivity index (χ1) is 15.3. The molecule has 3 aromatic heterocycles. The summed E-state index contributed by atoms with van der Waals surface area (Å²) in [5.74, 6) is 1.55. The Bertz CT molecular complexity index is 1210. The monoisotopic (exact) mass is 453 g/mol. The van der Waals surface area contributed by atoms with Crippen molar-refractivity contribution in [2.45, 2.75) is 16.5 Å². The normalized spacial score (nSPS) is 12.5. The molecule has 1 aliphatic rings. The zero-order valence-corrected chi connectivity index (χ0v) is 17.6. The van der Waals surface area contributed by atoms with E-state index in [1.165, 1.54) is 23.1 Å². The summed E-state index contributed by atoms with van der Waals surface area (Å²) >= 11 is 2.88. The van der Waals surface area contributed by atoms with Crippen LogP contribution in [0.5, 0.6) is 11.5 Å². The Labute approximate surface area is 185 Å². The van der Waals surface area contributed by atoms with Gasteiger partial charge in [-0.15, -0.1) is 0 Å². The van der Waals surface area contributed by atoms with Gasteiger partial charge in [-0.1, -0.05) is 16.9 Å². The Hall–Kier alpha value is -3.37. The van der Waals surface area contributed by atoms with Crippen molar-refractivity contribution >= 4 is 29.1 Å². The highest BCUT2D eigenvalue weighted by atomic mass is 32.2. The minimum absolute atomic E-state index is 0.102. The lowest BCUT2D eigenvalue weighted by molar-refractivity contribution is 0.0454. The zero-order valence-electron chi connectivity index (χ0n) is 16.0. The number of fused-ring (bicyclic) bond motifs is 1. The number of carbonyl (C=O) groups excluding carboxylic acids is 1. The smallest absolute Gasteiger partial charge is 0.341 e. The number of pyridine rings is 1. The lowest BCUT2D eigenvalue weighted by Gasteiger charge is -2.18. The molecule has 4 heterocycles. The molecule has 31 heavy (non-hydrogen) atoms. The van der Waals surface area contributed by atoms with Gasteiger partial charge in [0.15, 0.2) is 18.1 Å². The van der Waals surface area contributed by atoms with Crippen molar-refractivity contribution in [2.75, 3.05) is 13.2 Å². The van der Waals surface area contributed by atoms with E-state index in [-0.39, 0.29) is 6.61 Å². The number of hydrogen-bond donors (Lipinski definition) is 0. The number of thiophene rings is 1. The van der Waals surface area contributed by atoms with Gasteiger partial charge in [0.05, 0.1) is 11.1 Å². The van der Waals surface area contributed by atoms with Crippen molar-refractivity contribution in [3.8, 4) is 23.0 Å². The van der Waals surface area contributed by atoms with E-state index >= 15 is 0 Å². The van der Waals surface area contributed by atoms with Crippen LogP contribution in [-0.4, -0.2) is 34.3 Å². The summed E-state index contributed by atoms with van der Waals surface area (Å²) in [5.41, 5.74) is 1.18. The fourth-order valence-electron chi connectivity index (χ4n) is 2.85. The number of benzene rings is 1. The topological polar surface area (TPSA) is 96.6 Å². The average Bonchev–Trinajstić information content (AvgIpc) is 3.50. The number of nitrogens with zero attached hydrogens (tertiary/aromatic N) is 3. The summed E-state index contributed by atoms with van der Waals surface area (Å²) in [6.07, 6.45) is 1.63. The van der Waals surface area contributed by atoms with Gasteiger partial charge in [0.25, 0.3) is 5.89 Å². The Kier molecular flexibility index (Phi) is 5.55. The molecule has 10 heteroatoms. The Morgan fingerprint density at radius 3 is 2.94 bits per heavy atom. The summed E-state index contributed by atoms with van der Waals surface area (Å²) < 4.78 is 21.8. The molecule has 0 atom stereocenters. The van der Waals surface area contributed by atoms with Crippen LogP contribution in [0.25, 0.3) is 11.5 Å². The Morgan fingerprint density at radius 2 is 2.06 bits per heavy atom. The van der Waals surface area contributed by atoms with Crippen LogP contribution >= 0.6 is 23.1 Å². The number of rotatable bonds is 6. The third kappa shape index (κ3) is 4.39. The van der Waals surface area contributed by atoms with Crippen LogP contribution in [0.4, 0.5) is 0 Å². The lowest BCUT2D eigenvalue weighted by Crippen LogP contribution is -2.15. The third-order valence-electron chi connectivity index (χ3n) is 4.29. The van der Waals surface area contributed by atoms with Crippen LogP contribution in [0.2, 0.25) is 0 Å².